The van der Waals surface area contributed by atoms with E-state index in [1.165, 1.54) is 17.6 Å². The summed E-state index contributed by atoms with van der Waals surface area (Å²) in [6.45, 7) is 5.78. The van der Waals surface area contributed by atoms with Crippen molar-refractivity contribution in [1.29, 1.82) is 5.26 Å². The Bertz CT molecular complexity index is 963. The molecule has 1 aromatic rings. The van der Waals surface area contributed by atoms with E-state index >= 15 is 0 Å². The summed E-state index contributed by atoms with van der Waals surface area (Å²) in [4.78, 5) is 28.0. The summed E-state index contributed by atoms with van der Waals surface area (Å²) in [6.07, 6.45) is 3.06. The van der Waals surface area contributed by atoms with E-state index in [2.05, 4.69) is 12.1 Å². The lowest BCUT2D eigenvalue weighted by atomic mass is 9.84. The number of benzene rings is 1. The number of hydrogen-bond acceptors (Lipinski definition) is 6. The van der Waals surface area contributed by atoms with Crippen LogP contribution in [0.1, 0.15) is 61.3 Å². The Hall–Kier alpha value is -2.63. The molecular formula is C24H31N3O5. The van der Waals surface area contributed by atoms with Crippen LogP contribution in [-0.2, 0) is 32.1 Å². The van der Waals surface area contributed by atoms with Gasteiger partial charge in [0.1, 0.15) is 12.1 Å². The third-order valence-corrected chi connectivity index (χ3v) is 6.75. The normalized spacial score (nSPS) is 22.2. The number of methoxy groups -OCH3 is 1. The Morgan fingerprint density at radius 2 is 2.06 bits per heavy atom. The number of nitriles is 1. The van der Waals surface area contributed by atoms with Crippen molar-refractivity contribution in [2.24, 2.45) is 0 Å². The minimum atomic E-state index is -1.03. The number of fused-ring (bicyclic) bond motifs is 1. The first-order chi connectivity index (χ1) is 15.3. The van der Waals surface area contributed by atoms with E-state index in [0.717, 1.165) is 29.7 Å². The van der Waals surface area contributed by atoms with Crippen molar-refractivity contribution in [3.8, 4) is 6.07 Å². The lowest BCUT2D eigenvalue weighted by Crippen LogP contribution is -2.58. The van der Waals surface area contributed by atoms with Gasteiger partial charge in [0.15, 0.2) is 0 Å². The molecule has 1 amide bonds. The summed E-state index contributed by atoms with van der Waals surface area (Å²) in [7, 11) is 1.52. The zero-order chi connectivity index (χ0) is 23.0. The summed E-state index contributed by atoms with van der Waals surface area (Å²) >= 11 is 0. The molecule has 3 aliphatic rings. The van der Waals surface area contributed by atoms with Crippen molar-refractivity contribution in [3.05, 3.63) is 28.3 Å². The Morgan fingerprint density at radius 3 is 2.69 bits per heavy atom. The van der Waals surface area contributed by atoms with Gasteiger partial charge in [-0.15, -0.1) is 0 Å². The largest absolute Gasteiger partial charge is 0.480 e. The first-order valence-corrected chi connectivity index (χ1v) is 11.2. The molecule has 1 aliphatic carbocycles. The highest BCUT2D eigenvalue weighted by atomic mass is 16.5. The number of hydrogen-bond donors (Lipinski definition) is 1. The predicted molar refractivity (Wildman–Crippen MR) is 118 cm³/mol. The van der Waals surface area contributed by atoms with Gasteiger partial charge in [-0.1, -0.05) is 0 Å². The van der Waals surface area contributed by atoms with Crippen LogP contribution in [0, 0.1) is 11.3 Å². The number of carbonyl (C=O) groups is 2. The van der Waals surface area contributed by atoms with Crippen molar-refractivity contribution < 1.29 is 24.2 Å². The van der Waals surface area contributed by atoms with Gasteiger partial charge < -0.3 is 24.4 Å². The number of carbonyl (C=O) groups excluding carboxylic acids is 1. The van der Waals surface area contributed by atoms with Crippen LogP contribution in [0.3, 0.4) is 0 Å². The molecule has 8 nitrogen and oxygen atoms in total. The molecule has 1 saturated carbocycles. The summed E-state index contributed by atoms with van der Waals surface area (Å²) < 4.78 is 11.0. The maximum Gasteiger partial charge on any atom is 0.328 e. The molecule has 1 atom stereocenters. The van der Waals surface area contributed by atoms with E-state index in [0.29, 0.717) is 37.6 Å². The zero-order valence-electron chi connectivity index (χ0n) is 19.0. The van der Waals surface area contributed by atoms with Crippen molar-refractivity contribution in [3.63, 3.8) is 0 Å². The Morgan fingerprint density at radius 1 is 1.31 bits per heavy atom. The fourth-order valence-electron chi connectivity index (χ4n) is 4.87. The van der Waals surface area contributed by atoms with Crippen LogP contribution >= 0.6 is 0 Å². The van der Waals surface area contributed by atoms with Gasteiger partial charge in [-0.05, 0) is 55.4 Å². The molecule has 2 heterocycles. The van der Waals surface area contributed by atoms with E-state index in [1.807, 2.05) is 18.7 Å². The number of carboxylic acid groups (broad SMARTS) is 1. The van der Waals surface area contributed by atoms with Gasteiger partial charge in [0.25, 0.3) is 0 Å². The van der Waals surface area contributed by atoms with Gasteiger partial charge in [-0.2, -0.15) is 5.26 Å². The zero-order valence-corrected chi connectivity index (χ0v) is 19.0. The second kappa shape index (κ2) is 8.72. The molecule has 1 N–H and O–H groups in total. The fraction of sp³-hybridized carbons (Fsp3) is 0.625. The predicted octanol–water partition coefficient (Wildman–Crippen LogP) is 2.43. The molecule has 0 aromatic heterocycles. The molecule has 2 aliphatic heterocycles. The average molecular weight is 442 g/mol. The lowest BCUT2D eigenvalue weighted by molar-refractivity contribution is -0.151. The number of carboxylic acids is 1. The molecule has 0 bridgehead atoms. The van der Waals surface area contributed by atoms with E-state index in [1.54, 1.807) is 0 Å². The van der Waals surface area contributed by atoms with E-state index in [9.17, 15) is 20.0 Å². The van der Waals surface area contributed by atoms with Gasteiger partial charge in [0, 0.05) is 33.2 Å². The Kier molecular flexibility index (Phi) is 6.15. The first kappa shape index (κ1) is 22.6. The number of rotatable bonds is 6. The molecule has 32 heavy (non-hydrogen) atoms. The molecule has 1 saturated heterocycles. The highest BCUT2D eigenvalue weighted by molar-refractivity contribution is 5.85. The number of ether oxygens (including phenoxy) is 2. The number of piperazine rings is 1. The van der Waals surface area contributed by atoms with E-state index in [4.69, 9.17) is 9.47 Å². The van der Waals surface area contributed by atoms with Crippen molar-refractivity contribution in [2.45, 2.75) is 63.7 Å². The third kappa shape index (κ3) is 4.32. The van der Waals surface area contributed by atoms with Gasteiger partial charge in [-0.3, -0.25) is 4.79 Å². The van der Waals surface area contributed by atoms with Gasteiger partial charge in [0.05, 0.1) is 36.5 Å². The van der Waals surface area contributed by atoms with Crippen LogP contribution in [0.2, 0.25) is 0 Å². The van der Waals surface area contributed by atoms with Gasteiger partial charge >= 0.3 is 5.97 Å². The topological polar surface area (TPSA) is 103 Å². The van der Waals surface area contributed by atoms with Crippen LogP contribution in [0.5, 0.6) is 0 Å². The molecule has 8 heteroatoms. The van der Waals surface area contributed by atoms with Crippen LogP contribution in [0.4, 0.5) is 5.69 Å². The van der Waals surface area contributed by atoms with Crippen LogP contribution < -0.4 is 4.90 Å². The number of nitrogens with zero attached hydrogens (tertiary/aromatic N) is 3. The smallest absolute Gasteiger partial charge is 0.328 e. The molecule has 0 radical (unpaired) electrons. The molecule has 2 fully saturated rings. The maximum atomic E-state index is 12.6. The van der Waals surface area contributed by atoms with E-state index < -0.39 is 12.0 Å². The summed E-state index contributed by atoms with van der Waals surface area (Å²) in [5.74, 6) is -0.775. The summed E-state index contributed by atoms with van der Waals surface area (Å²) in [5, 5.41) is 20.0. The second-order valence-electron chi connectivity index (χ2n) is 9.56. The first-order valence-electron chi connectivity index (χ1n) is 11.2. The standard InChI is InChI=1S/C24H31N3O5/c1-24(2)11-17-18(12-25)20(10-16(15-4-5-15)19(17)14-32-24)26-7-8-27(21(13-26)23(29)30)22(28)6-9-31-3/h10,15,21H,4-9,11,13-14H2,1-3H3,(H,29,30). The molecule has 172 valence electrons. The molecule has 0 spiro atoms. The number of amides is 1. The molecule has 1 aromatic carbocycles. The minimum Gasteiger partial charge on any atom is -0.480 e. The molecule has 4 rings (SSSR count). The van der Waals surface area contributed by atoms with E-state index in [-0.39, 0.29) is 31.1 Å². The highest BCUT2D eigenvalue weighted by Gasteiger charge is 2.39. The quantitative estimate of drug-likeness (QED) is 0.723. The monoisotopic (exact) mass is 441 g/mol. The SMILES string of the molecule is COCCC(=O)N1CCN(c2cc(C3CC3)c3c(c2C#N)CC(C)(C)OC3)CC1C(=O)O. The minimum absolute atomic E-state index is 0.156. The maximum absolute atomic E-state index is 12.6. The number of aliphatic carboxylic acids is 1. The molecular weight excluding hydrogens is 410 g/mol. The van der Waals surface area contributed by atoms with Gasteiger partial charge in [0.2, 0.25) is 5.91 Å². The van der Waals surface area contributed by atoms with Crippen molar-refractivity contribution in [2.75, 3.05) is 38.3 Å². The Balaban J connectivity index is 1.69. The summed E-state index contributed by atoms with van der Waals surface area (Å²) in [5.41, 5.74) is 4.46. The van der Waals surface area contributed by atoms with Crippen molar-refractivity contribution in [1.82, 2.24) is 4.90 Å². The highest BCUT2D eigenvalue weighted by Crippen LogP contribution is 2.47. The van der Waals surface area contributed by atoms with Crippen LogP contribution in [0.25, 0.3) is 0 Å². The number of anilines is 1. The lowest BCUT2D eigenvalue weighted by Gasteiger charge is -2.42. The van der Waals surface area contributed by atoms with Crippen LogP contribution in [0.15, 0.2) is 6.07 Å². The van der Waals surface area contributed by atoms with Gasteiger partial charge in [-0.25, -0.2) is 4.79 Å². The second-order valence-corrected chi connectivity index (χ2v) is 9.56. The van der Waals surface area contributed by atoms with Crippen molar-refractivity contribution >= 4 is 17.6 Å². The Labute approximate surface area is 188 Å². The summed E-state index contributed by atoms with van der Waals surface area (Å²) in [6, 6.07) is 3.53. The fourth-order valence-corrected chi connectivity index (χ4v) is 4.87. The third-order valence-electron chi connectivity index (χ3n) is 6.75. The van der Waals surface area contributed by atoms with Crippen LogP contribution in [-0.4, -0.2) is 66.9 Å². The average Bonchev–Trinajstić information content (AvgIpc) is 3.60. The molecule has 1 unspecified atom stereocenters.